The average Bonchev–Trinajstić information content (AvgIpc) is 2.25. The predicted molar refractivity (Wildman–Crippen MR) is 67.1 cm³/mol. The molecule has 0 aliphatic carbocycles. The largest absolute Gasteiger partial charge is 0.697 e. The third-order valence-electron chi connectivity index (χ3n) is 2.02. The normalized spacial score (nSPS) is 13.3. The van der Waals surface area contributed by atoms with Crippen LogP contribution in [0.4, 0.5) is 13.2 Å². The lowest BCUT2D eigenvalue weighted by atomic mass is 10.2. The molecule has 0 bridgehead atoms. The van der Waals surface area contributed by atoms with E-state index in [2.05, 4.69) is 8.71 Å². The van der Waals surface area contributed by atoms with Crippen molar-refractivity contribution in [3.8, 4) is 0 Å². The number of hydrogen-bond donors (Lipinski definition) is 1. The van der Waals surface area contributed by atoms with E-state index in [1.165, 1.54) is 19.1 Å². The molecule has 1 aromatic carbocycles. The molecule has 0 heterocycles. The smallest absolute Gasteiger partial charge is 0.232 e. The Bertz CT molecular complexity index is 631. The highest BCUT2D eigenvalue weighted by atomic mass is 32.2. The monoisotopic (exact) mass is 365 g/mol. The van der Waals surface area contributed by atoms with Crippen LogP contribution in [0, 0.1) is 6.92 Å². The minimum absolute atomic E-state index is 0.0395. The minimum Gasteiger partial charge on any atom is -0.232 e. The van der Waals surface area contributed by atoms with Gasteiger partial charge in [0.25, 0.3) is 0 Å². The zero-order valence-electron chi connectivity index (χ0n) is 10.3. The molecule has 1 N–H and O–H groups in total. The van der Waals surface area contributed by atoms with Gasteiger partial charge >= 0.3 is 23.9 Å². The molecule has 6 nitrogen and oxygen atoms in total. The maximum atomic E-state index is 12.4. The first-order chi connectivity index (χ1) is 9.53. The summed E-state index contributed by atoms with van der Waals surface area (Å²) in [6.45, 7) is 0.211. The van der Waals surface area contributed by atoms with Crippen molar-refractivity contribution in [3.63, 3.8) is 0 Å². The summed E-state index contributed by atoms with van der Waals surface area (Å²) in [6, 6.07) is 3.54. The van der Waals surface area contributed by atoms with Gasteiger partial charge < -0.3 is 0 Å². The molecule has 21 heavy (non-hydrogen) atoms. The van der Waals surface area contributed by atoms with Gasteiger partial charge in [-0.3, -0.25) is 0 Å². The van der Waals surface area contributed by atoms with Crippen LogP contribution in [0.2, 0.25) is 0 Å². The second-order valence-corrected chi connectivity index (χ2v) is 6.90. The van der Waals surface area contributed by atoms with Crippen LogP contribution < -0.4 is 0 Å². The summed E-state index contributed by atoms with van der Waals surface area (Å²) in [5.41, 5.74) is -4.64. The Morgan fingerprint density at radius 3 is 2.52 bits per heavy atom. The van der Waals surface area contributed by atoms with Crippen LogP contribution in [0.1, 0.15) is 5.56 Å². The van der Waals surface area contributed by atoms with Gasteiger partial charge in [-0.2, -0.15) is 21.6 Å². The summed E-state index contributed by atoms with van der Waals surface area (Å²) >= 11 is -0.599. The van der Waals surface area contributed by atoms with Gasteiger partial charge in [-0.15, -0.1) is 4.89 Å². The van der Waals surface area contributed by atoms with Crippen LogP contribution in [0.15, 0.2) is 28.0 Å². The van der Waals surface area contributed by atoms with Crippen molar-refractivity contribution in [1.29, 1.82) is 0 Å². The Labute approximate surface area is 123 Å². The number of thioether (sulfide) groups is 1. The molecule has 0 saturated heterocycles. The summed E-state index contributed by atoms with van der Waals surface area (Å²) in [5.74, 6) is 0. The van der Waals surface area contributed by atoms with Crippen molar-refractivity contribution < 1.29 is 39.8 Å². The third-order valence-corrected chi connectivity index (χ3v) is 4.71. The number of hydrogen-bond acceptors (Lipinski definition) is 6. The first-order valence-corrected chi connectivity index (χ1v) is 8.42. The van der Waals surface area contributed by atoms with E-state index in [1.807, 2.05) is 0 Å². The van der Waals surface area contributed by atoms with Gasteiger partial charge in [0.05, 0.1) is 0 Å². The predicted octanol–water partition coefficient (Wildman–Crippen LogP) is 2.94. The number of aryl methyl sites for hydroxylation is 1. The molecule has 118 valence electrons. The molecule has 0 aliphatic heterocycles. The molecule has 0 fully saturated rings. The lowest BCUT2D eigenvalue weighted by molar-refractivity contribution is -0.0329. The van der Waals surface area contributed by atoms with Crippen LogP contribution >= 0.6 is 20.0 Å². The van der Waals surface area contributed by atoms with Gasteiger partial charge in [0.15, 0.2) is 0 Å². The fraction of sp³-hybridized carbons (Fsp3) is 0.333. The zero-order chi connectivity index (χ0) is 16.3. The highest BCUT2D eigenvalue weighted by Gasteiger charge is 2.34. The molecule has 0 aliphatic rings. The molecule has 1 aromatic rings. The van der Waals surface area contributed by atoms with E-state index >= 15 is 0 Å². The van der Waals surface area contributed by atoms with Gasteiger partial charge in [-0.05, 0) is 30.3 Å². The van der Waals surface area contributed by atoms with Gasteiger partial charge in [-0.25, -0.2) is 4.18 Å². The van der Waals surface area contributed by atoms with Gasteiger partial charge in [0.1, 0.15) is 4.90 Å². The third kappa shape index (κ3) is 5.89. The van der Waals surface area contributed by atoms with Gasteiger partial charge in [0.2, 0.25) is 6.79 Å². The van der Waals surface area contributed by atoms with E-state index in [9.17, 15) is 26.2 Å². The molecule has 1 atom stereocenters. The fourth-order valence-corrected chi connectivity index (χ4v) is 3.70. The van der Waals surface area contributed by atoms with E-state index in [-0.39, 0.29) is 5.56 Å². The van der Waals surface area contributed by atoms with Crippen LogP contribution in [-0.2, 0) is 23.4 Å². The van der Waals surface area contributed by atoms with Crippen molar-refractivity contribution in [1.82, 2.24) is 0 Å². The average molecular weight is 365 g/mol. The first kappa shape index (κ1) is 18.3. The molecule has 0 amide bonds. The van der Waals surface area contributed by atoms with E-state index in [0.717, 1.165) is 6.07 Å². The molecular weight excluding hydrogens is 356 g/mol. The summed E-state index contributed by atoms with van der Waals surface area (Å²) in [7, 11) is -7.66. The standard InChI is InChI=1S/C9H8F3O6PS2/c1-6-3-2-4-7(20-9(10,11)12)8(6)21(15,16)18-5-17-19(13)14/h2-4H,5H2,1H3/p+1. The molecule has 12 heteroatoms. The quantitative estimate of drug-likeness (QED) is 0.359. The second kappa shape index (κ2) is 7.03. The fourth-order valence-electron chi connectivity index (χ4n) is 1.34. The molecule has 0 radical (unpaired) electrons. The highest BCUT2D eigenvalue weighted by molar-refractivity contribution is 8.00. The van der Waals surface area contributed by atoms with Crippen molar-refractivity contribution in [2.24, 2.45) is 0 Å². The molecule has 0 spiro atoms. The maximum Gasteiger partial charge on any atom is 0.697 e. The molecular formula is C9H9F3O6PS2+. The summed E-state index contributed by atoms with van der Waals surface area (Å²) in [6.07, 6.45) is 0. The Morgan fingerprint density at radius 2 is 2.00 bits per heavy atom. The van der Waals surface area contributed by atoms with E-state index in [0.29, 0.717) is 0 Å². The van der Waals surface area contributed by atoms with E-state index < -0.39 is 52.2 Å². The number of halogens is 3. The number of benzene rings is 1. The topological polar surface area (TPSA) is 89.9 Å². The van der Waals surface area contributed by atoms with Crippen LogP contribution in [-0.4, -0.2) is 25.6 Å². The molecule has 1 unspecified atom stereocenters. The van der Waals surface area contributed by atoms with E-state index in [4.69, 9.17) is 4.89 Å². The van der Waals surface area contributed by atoms with Crippen molar-refractivity contribution in [3.05, 3.63) is 23.8 Å². The van der Waals surface area contributed by atoms with Gasteiger partial charge in [-0.1, -0.05) is 16.7 Å². The summed E-state index contributed by atoms with van der Waals surface area (Å²) in [4.78, 5) is 7.12. The minimum atomic E-state index is -4.68. The Kier molecular flexibility index (Phi) is 6.14. The van der Waals surface area contributed by atoms with Crippen LogP contribution in [0.25, 0.3) is 0 Å². The Morgan fingerprint density at radius 1 is 1.38 bits per heavy atom. The maximum absolute atomic E-state index is 12.4. The number of alkyl halides is 3. The lowest BCUT2D eigenvalue weighted by Crippen LogP contribution is -2.12. The molecule has 0 saturated carbocycles. The van der Waals surface area contributed by atoms with Crippen LogP contribution in [0.5, 0.6) is 0 Å². The number of rotatable bonds is 6. The second-order valence-electron chi connectivity index (χ2n) is 3.51. The summed E-state index contributed by atoms with van der Waals surface area (Å²) < 4.78 is 79.6. The zero-order valence-corrected chi connectivity index (χ0v) is 12.9. The van der Waals surface area contributed by atoms with Crippen molar-refractivity contribution in [2.75, 3.05) is 6.79 Å². The molecule has 1 rings (SSSR count). The van der Waals surface area contributed by atoms with Gasteiger partial charge in [0, 0.05) is 9.46 Å². The summed E-state index contributed by atoms with van der Waals surface area (Å²) in [5, 5.41) is 0. The Balaban J connectivity index is 3.12. The first-order valence-electron chi connectivity index (χ1n) is 5.07. The van der Waals surface area contributed by atoms with Crippen LogP contribution in [0.3, 0.4) is 0 Å². The SMILES string of the molecule is Cc1cccc(SC(F)(F)F)c1S(=O)(=O)OCO[P+](=O)O. The Hall–Kier alpha value is -0.710. The highest BCUT2D eigenvalue weighted by Crippen LogP contribution is 2.41. The van der Waals surface area contributed by atoms with Crippen molar-refractivity contribution >= 4 is 30.1 Å². The molecule has 0 aromatic heterocycles. The lowest BCUT2D eigenvalue weighted by Gasteiger charge is -2.13. The van der Waals surface area contributed by atoms with E-state index in [1.54, 1.807) is 0 Å². The van der Waals surface area contributed by atoms with Crippen molar-refractivity contribution in [2.45, 2.75) is 22.2 Å².